The standard InChI is InChI=1S/C13H18N4/c1-14-11-4-3-8-16(10-11)13-6-2-5-12-15-7-9-17(12)13/h2,5-7,9,11,14H,3-4,8,10H2,1H3. The molecule has 2 aromatic rings. The molecule has 3 rings (SSSR count). The summed E-state index contributed by atoms with van der Waals surface area (Å²) in [5.41, 5.74) is 1.02. The molecule has 1 N–H and O–H groups in total. The number of nitrogens with zero attached hydrogens (tertiary/aromatic N) is 3. The Kier molecular flexibility index (Phi) is 2.73. The maximum atomic E-state index is 4.33. The monoisotopic (exact) mass is 230 g/mol. The van der Waals surface area contributed by atoms with E-state index in [2.05, 4.69) is 31.7 Å². The first-order valence-corrected chi connectivity index (χ1v) is 6.23. The molecule has 2 aromatic heterocycles. The van der Waals surface area contributed by atoms with Gasteiger partial charge in [-0.25, -0.2) is 4.98 Å². The van der Waals surface area contributed by atoms with Crippen LogP contribution in [0.2, 0.25) is 0 Å². The number of piperidine rings is 1. The van der Waals surface area contributed by atoms with Crippen LogP contribution >= 0.6 is 0 Å². The Labute approximate surface area is 101 Å². The van der Waals surface area contributed by atoms with Crippen molar-refractivity contribution in [2.75, 3.05) is 25.0 Å². The van der Waals surface area contributed by atoms with E-state index in [0.717, 1.165) is 18.7 Å². The Morgan fingerprint density at radius 3 is 3.24 bits per heavy atom. The number of anilines is 1. The lowest BCUT2D eigenvalue weighted by Crippen LogP contribution is -2.45. The summed E-state index contributed by atoms with van der Waals surface area (Å²) in [7, 11) is 2.05. The molecule has 4 nitrogen and oxygen atoms in total. The molecular formula is C13H18N4. The van der Waals surface area contributed by atoms with Crippen molar-refractivity contribution in [1.29, 1.82) is 0 Å². The van der Waals surface area contributed by atoms with E-state index in [1.807, 2.05) is 25.5 Å². The van der Waals surface area contributed by atoms with Gasteiger partial charge >= 0.3 is 0 Å². The minimum atomic E-state index is 0.600. The smallest absolute Gasteiger partial charge is 0.138 e. The number of hydrogen-bond donors (Lipinski definition) is 1. The molecule has 4 heteroatoms. The lowest BCUT2D eigenvalue weighted by atomic mass is 10.1. The Bertz CT molecular complexity index is 505. The molecule has 0 aliphatic carbocycles. The van der Waals surface area contributed by atoms with E-state index in [0.29, 0.717) is 6.04 Å². The molecule has 17 heavy (non-hydrogen) atoms. The van der Waals surface area contributed by atoms with E-state index >= 15 is 0 Å². The lowest BCUT2D eigenvalue weighted by Gasteiger charge is -2.34. The molecule has 0 bridgehead atoms. The lowest BCUT2D eigenvalue weighted by molar-refractivity contribution is 0.447. The molecular weight excluding hydrogens is 212 g/mol. The molecule has 1 fully saturated rings. The SMILES string of the molecule is CNC1CCCN(c2cccc3nccn23)C1. The van der Waals surface area contributed by atoms with Gasteiger partial charge in [0, 0.05) is 31.5 Å². The fourth-order valence-electron chi connectivity index (χ4n) is 2.61. The number of likely N-dealkylation sites (N-methyl/N-ethyl adjacent to an activating group) is 1. The molecule has 3 heterocycles. The highest BCUT2D eigenvalue weighted by Gasteiger charge is 2.19. The summed E-state index contributed by atoms with van der Waals surface area (Å²) < 4.78 is 2.16. The summed E-state index contributed by atoms with van der Waals surface area (Å²) in [6.45, 7) is 2.21. The van der Waals surface area contributed by atoms with Crippen molar-refractivity contribution in [3.8, 4) is 0 Å². The Balaban J connectivity index is 1.94. The van der Waals surface area contributed by atoms with Crippen LogP contribution in [0, 0.1) is 0 Å². The summed E-state index contributed by atoms with van der Waals surface area (Å²) in [4.78, 5) is 6.78. The molecule has 0 spiro atoms. The van der Waals surface area contributed by atoms with Crippen LogP contribution in [-0.4, -0.2) is 35.6 Å². The zero-order chi connectivity index (χ0) is 11.7. The van der Waals surface area contributed by atoms with Crippen LogP contribution in [0.25, 0.3) is 5.65 Å². The van der Waals surface area contributed by atoms with Crippen molar-refractivity contribution in [2.24, 2.45) is 0 Å². The first-order valence-electron chi connectivity index (χ1n) is 6.23. The number of imidazole rings is 1. The summed E-state index contributed by atoms with van der Waals surface area (Å²) in [6.07, 6.45) is 6.41. The minimum absolute atomic E-state index is 0.600. The first kappa shape index (κ1) is 10.6. The molecule has 1 aliphatic rings. The van der Waals surface area contributed by atoms with Crippen LogP contribution in [0.5, 0.6) is 0 Å². The first-order chi connectivity index (χ1) is 8.38. The highest BCUT2D eigenvalue weighted by molar-refractivity contribution is 5.51. The van der Waals surface area contributed by atoms with Gasteiger partial charge < -0.3 is 10.2 Å². The van der Waals surface area contributed by atoms with Gasteiger partial charge in [-0.1, -0.05) is 6.07 Å². The average molecular weight is 230 g/mol. The fourth-order valence-corrected chi connectivity index (χ4v) is 2.61. The van der Waals surface area contributed by atoms with E-state index in [1.165, 1.54) is 18.7 Å². The molecule has 1 unspecified atom stereocenters. The predicted octanol–water partition coefficient (Wildman–Crippen LogP) is 1.52. The quantitative estimate of drug-likeness (QED) is 0.849. The number of fused-ring (bicyclic) bond motifs is 1. The van der Waals surface area contributed by atoms with Gasteiger partial charge in [-0.3, -0.25) is 4.40 Å². The van der Waals surface area contributed by atoms with Gasteiger partial charge in [-0.05, 0) is 32.0 Å². The van der Waals surface area contributed by atoms with Crippen molar-refractivity contribution in [1.82, 2.24) is 14.7 Å². The second-order valence-electron chi connectivity index (χ2n) is 4.61. The van der Waals surface area contributed by atoms with Crippen LogP contribution in [0.3, 0.4) is 0 Å². The van der Waals surface area contributed by atoms with Crippen LogP contribution in [0.15, 0.2) is 30.6 Å². The van der Waals surface area contributed by atoms with Crippen molar-refractivity contribution < 1.29 is 0 Å². The van der Waals surface area contributed by atoms with Gasteiger partial charge in [0.25, 0.3) is 0 Å². The number of rotatable bonds is 2. The molecule has 1 saturated heterocycles. The summed E-state index contributed by atoms with van der Waals surface area (Å²) in [5, 5.41) is 3.38. The van der Waals surface area contributed by atoms with Gasteiger partial charge in [-0.2, -0.15) is 0 Å². The maximum Gasteiger partial charge on any atom is 0.138 e. The van der Waals surface area contributed by atoms with Crippen LogP contribution in [-0.2, 0) is 0 Å². The third kappa shape index (κ3) is 1.89. The van der Waals surface area contributed by atoms with Gasteiger partial charge in [0.2, 0.25) is 0 Å². The van der Waals surface area contributed by atoms with Crippen molar-refractivity contribution in [3.05, 3.63) is 30.6 Å². The number of pyridine rings is 1. The van der Waals surface area contributed by atoms with Crippen LogP contribution in [0.1, 0.15) is 12.8 Å². The topological polar surface area (TPSA) is 32.6 Å². The summed E-state index contributed by atoms with van der Waals surface area (Å²) in [6, 6.07) is 6.90. The Hall–Kier alpha value is -1.55. The summed E-state index contributed by atoms with van der Waals surface area (Å²) >= 11 is 0. The Morgan fingerprint density at radius 2 is 2.35 bits per heavy atom. The third-order valence-electron chi connectivity index (χ3n) is 3.56. The zero-order valence-corrected chi connectivity index (χ0v) is 10.1. The Morgan fingerprint density at radius 1 is 1.41 bits per heavy atom. The molecule has 1 atom stereocenters. The molecule has 1 aliphatic heterocycles. The molecule has 0 aromatic carbocycles. The van der Waals surface area contributed by atoms with Gasteiger partial charge in [-0.15, -0.1) is 0 Å². The predicted molar refractivity (Wildman–Crippen MR) is 69.5 cm³/mol. The van der Waals surface area contributed by atoms with Gasteiger partial charge in [0.15, 0.2) is 0 Å². The highest BCUT2D eigenvalue weighted by Crippen LogP contribution is 2.20. The van der Waals surface area contributed by atoms with Crippen LogP contribution in [0.4, 0.5) is 5.82 Å². The third-order valence-corrected chi connectivity index (χ3v) is 3.56. The second kappa shape index (κ2) is 4.37. The van der Waals surface area contributed by atoms with E-state index in [-0.39, 0.29) is 0 Å². The maximum absolute atomic E-state index is 4.33. The van der Waals surface area contributed by atoms with Crippen LogP contribution < -0.4 is 10.2 Å². The molecule has 90 valence electrons. The van der Waals surface area contributed by atoms with Gasteiger partial charge in [0.05, 0.1) is 0 Å². The highest BCUT2D eigenvalue weighted by atomic mass is 15.2. The molecule has 0 amide bonds. The fraction of sp³-hybridized carbons (Fsp3) is 0.462. The van der Waals surface area contributed by atoms with E-state index in [4.69, 9.17) is 0 Å². The van der Waals surface area contributed by atoms with Crippen molar-refractivity contribution in [2.45, 2.75) is 18.9 Å². The second-order valence-corrected chi connectivity index (χ2v) is 4.61. The van der Waals surface area contributed by atoms with Crippen molar-refractivity contribution in [3.63, 3.8) is 0 Å². The number of aromatic nitrogens is 2. The van der Waals surface area contributed by atoms with E-state index in [9.17, 15) is 0 Å². The number of nitrogens with one attached hydrogen (secondary N) is 1. The molecule has 0 radical (unpaired) electrons. The summed E-state index contributed by atoms with van der Waals surface area (Å²) in [5.74, 6) is 1.25. The minimum Gasteiger partial charge on any atom is -0.356 e. The number of hydrogen-bond acceptors (Lipinski definition) is 3. The zero-order valence-electron chi connectivity index (χ0n) is 10.1. The largest absolute Gasteiger partial charge is 0.356 e. The normalized spacial score (nSPS) is 21.0. The average Bonchev–Trinajstić information content (AvgIpc) is 2.87. The van der Waals surface area contributed by atoms with E-state index < -0.39 is 0 Å². The van der Waals surface area contributed by atoms with Gasteiger partial charge in [0.1, 0.15) is 11.5 Å². The molecule has 0 saturated carbocycles. The van der Waals surface area contributed by atoms with Crippen molar-refractivity contribution >= 4 is 11.5 Å². The van der Waals surface area contributed by atoms with E-state index in [1.54, 1.807) is 0 Å².